The quantitative estimate of drug-likeness (QED) is 0.556. The fourth-order valence-corrected chi connectivity index (χ4v) is 3.36. The van der Waals surface area contributed by atoms with E-state index in [4.69, 9.17) is 11.6 Å². The average Bonchev–Trinajstić information content (AvgIpc) is 2.84. The van der Waals surface area contributed by atoms with Gasteiger partial charge in [-0.05, 0) is 52.7 Å². The van der Waals surface area contributed by atoms with Crippen LogP contribution in [0.25, 0.3) is 17.2 Å². The fourth-order valence-electron chi connectivity index (χ4n) is 2.39. The molecule has 1 aliphatic rings. The predicted octanol–water partition coefficient (Wildman–Crippen LogP) is 5.23. The highest BCUT2D eigenvalue weighted by Crippen LogP contribution is 2.32. The molecule has 0 bridgehead atoms. The molecule has 0 unspecified atom stereocenters. The molecule has 24 heavy (non-hydrogen) atoms. The van der Waals surface area contributed by atoms with Crippen molar-refractivity contribution in [1.82, 2.24) is 4.90 Å². The molecule has 1 fully saturated rings. The maximum absolute atomic E-state index is 12.3. The van der Waals surface area contributed by atoms with Gasteiger partial charge in [0.1, 0.15) is 0 Å². The number of hydrogen-bond acceptors (Lipinski definition) is 3. The minimum atomic E-state index is -0.276. The van der Waals surface area contributed by atoms with Crippen LogP contribution < -0.4 is 0 Å². The van der Waals surface area contributed by atoms with Crippen LogP contribution in [0.4, 0.5) is 4.79 Å². The highest BCUT2D eigenvalue weighted by atomic mass is 35.5. The maximum Gasteiger partial charge on any atom is 0.293 e. The Morgan fingerprint density at radius 1 is 1.08 bits per heavy atom. The number of hydrogen-bond donors (Lipinski definition) is 0. The molecule has 2 aromatic carbocycles. The zero-order valence-electron chi connectivity index (χ0n) is 12.7. The number of benzene rings is 2. The molecule has 0 radical (unpaired) electrons. The van der Waals surface area contributed by atoms with Gasteiger partial charge in [-0.2, -0.15) is 0 Å². The molecule has 0 saturated carbocycles. The second kappa shape index (κ2) is 7.07. The van der Waals surface area contributed by atoms with E-state index >= 15 is 0 Å². The first-order chi connectivity index (χ1) is 11.6. The minimum Gasteiger partial charge on any atom is -0.268 e. The van der Waals surface area contributed by atoms with Gasteiger partial charge in [-0.1, -0.05) is 48.0 Å². The van der Waals surface area contributed by atoms with E-state index in [0.717, 1.165) is 28.5 Å². The molecular weight excluding hydrogens is 342 g/mol. The van der Waals surface area contributed by atoms with Crippen molar-refractivity contribution >= 4 is 40.6 Å². The van der Waals surface area contributed by atoms with E-state index in [1.165, 1.54) is 4.90 Å². The third-order valence-corrected chi connectivity index (χ3v) is 4.71. The van der Waals surface area contributed by atoms with E-state index in [1.54, 1.807) is 12.2 Å². The Kier molecular flexibility index (Phi) is 4.88. The van der Waals surface area contributed by atoms with Gasteiger partial charge in [-0.25, -0.2) is 0 Å². The first kappa shape index (κ1) is 16.6. The van der Waals surface area contributed by atoms with E-state index in [9.17, 15) is 9.59 Å². The van der Waals surface area contributed by atoms with Gasteiger partial charge >= 0.3 is 0 Å². The number of rotatable bonds is 4. The molecule has 5 heteroatoms. The van der Waals surface area contributed by atoms with Gasteiger partial charge < -0.3 is 0 Å². The molecule has 3 nitrogen and oxygen atoms in total. The van der Waals surface area contributed by atoms with Crippen molar-refractivity contribution in [3.63, 3.8) is 0 Å². The monoisotopic (exact) mass is 355 g/mol. The standard InChI is InChI=1S/C19H14ClNO2S/c1-2-10-21-18(22)17(24-19(21)23)12-13-4-3-5-15(11-13)14-6-8-16(20)9-7-14/h2-9,11-12H,1,10H2/b17-12-. The number of thioether (sulfide) groups is 1. The minimum absolute atomic E-state index is 0.229. The van der Waals surface area contributed by atoms with Crippen molar-refractivity contribution in [2.75, 3.05) is 6.54 Å². The molecule has 3 rings (SSSR count). The molecule has 0 spiro atoms. The number of nitrogens with zero attached hydrogens (tertiary/aromatic N) is 1. The molecule has 2 aromatic rings. The first-order valence-electron chi connectivity index (χ1n) is 7.31. The topological polar surface area (TPSA) is 37.4 Å². The lowest BCUT2D eigenvalue weighted by Crippen LogP contribution is -2.27. The summed E-state index contributed by atoms with van der Waals surface area (Å²) < 4.78 is 0. The summed E-state index contributed by atoms with van der Waals surface area (Å²) in [6.45, 7) is 3.80. The number of halogens is 1. The van der Waals surface area contributed by atoms with Gasteiger partial charge in [-0.15, -0.1) is 6.58 Å². The summed E-state index contributed by atoms with van der Waals surface area (Å²) in [4.78, 5) is 25.7. The van der Waals surface area contributed by atoms with Gasteiger partial charge in [0.2, 0.25) is 0 Å². The van der Waals surface area contributed by atoms with Crippen LogP contribution in [-0.2, 0) is 4.79 Å². The summed E-state index contributed by atoms with van der Waals surface area (Å²) in [7, 11) is 0. The lowest BCUT2D eigenvalue weighted by molar-refractivity contribution is -0.122. The van der Waals surface area contributed by atoms with E-state index in [-0.39, 0.29) is 17.7 Å². The van der Waals surface area contributed by atoms with Crippen LogP contribution in [0.3, 0.4) is 0 Å². The molecule has 2 amide bonds. The van der Waals surface area contributed by atoms with Crippen molar-refractivity contribution < 1.29 is 9.59 Å². The maximum atomic E-state index is 12.3. The second-order valence-electron chi connectivity index (χ2n) is 5.21. The van der Waals surface area contributed by atoms with Gasteiger partial charge in [-0.3, -0.25) is 14.5 Å². The SMILES string of the molecule is C=CCN1C(=O)S/C(=C\c2cccc(-c3ccc(Cl)cc3)c2)C1=O. The third kappa shape index (κ3) is 3.45. The number of carbonyl (C=O) groups excluding carboxylic acids is 2. The molecule has 120 valence electrons. The number of imide groups is 1. The Bertz CT molecular complexity index is 843. The largest absolute Gasteiger partial charge is 0.293 e. The second-order valence-corrected chi connectivity index (χ2v) is 6.64. The molecule has 0 atom stereocenters. The van der Waals surface area contributed by atoms with E-state index in [0.29, 0.717) is 9.93 Å². The van der Waals surface area contributed by atoms with Crippen LogP contribution in [0.15, 0.2) is 66.1 Å². The smallest absolute Gasteiger partial charge is 0.268 e. The van der Waals surface area contributed by atoms with Gasteiger partial charge in [0, 0.05) is 11.6 Å². The van der Waals surface area contributed by atoms with Gasteiger partial charge in [0.15, 0.2) is 0 Å². The van der Waals surface area contributed by atoms with Crippen LogP contribution in [0, 0.1) is 0 Å². The summed E-state index contributed by atoms with van der Waals surface area (Å²) in [5, 5.41) is 0.422. The molecule has 1 saturated heterocycles. The summed E-state index contributed by atoms with van der Waals surface area (Å²) in [6.07, 6.45) is 3.29. The molecule has 1 heterocycles. The molecule has 0 aromatic heterocycles. The Morgan fingerprint density at radius 3 is 2.54 bits per heavy atom. The Hall–Kier alpha value is -2.30. The highest BCUT2D eigenvalue weighted by molar-refractivity contribution is 8.18. The number of carbonyl (C=O) groups is 2. The van der Waals surface area contributed by atoms with E-state index in [1.807, 2.05) is 48.5 Å². The van der Waals surface area contributed by atoms with Crippen LogP contribution in [0.2, 0.25) is 5.02 Å². The zero-order chi connectivity index (χ0) is 17.1. The first-order valence-corrected chi connectivity index (χ1v) is 8.50. The van der Waals surface area contributed by atoms with Crippen molar-refractivity contribution in [3.8, 4) is 11.1 Å². The fraction of sp³-hybridized carbons (Fsp3) is 0.0526. The molecule has 0 N–H and O–H groups in total. The lowest BCUT2D eigenvalue weighted by atomic mass is 10.0. The summed E-state index contributed by atoms with van der Waals surface area (Å²) in [6, 6.07) is 15.4. The number of amides is 2. The van der Waals surface area contributed by atoms with E-state index in [2.05, 4.69) is 6.58 Å². The van der Waals surface area contributed by atoms with Crippen LogP contribution in [0.1, 0.15) is 5.56 Å². The Labute approximate surface area is 149 Å². The Balaban J connectivity index is 1.90. The molecule has 0 aliphatic carbocycles. The summed E-state index contributed by atoms with van der Waals surface area (Å²) in [5.74, 6) is -0.276. The van der Waals surface area contributed by atoms with E-state index < -0.39 is 0 Å². The Morgan fingerprint density at radius 2 is 1.83 bits per heavy atom. The summed E-state index contributed by atoms with van der Waals surface area (Å²) in [5.41, 5.74) is 2.92. The normalized spacial score (nSPS) is 16.0. The third-order valence-electron chi connectivity index (χ3n) is 3.55. The van der Waals surface area contributed by atoms with Crippen LogP contribution in [0.5, 0.6) is 0 Å². The van der Waals surface area contributed by atoms with Crippen molar-refractivity contribution in [2.45, 2.75) is 0 Å². The van der Waals surface area contributed by atoms with Crippen molar-refractivity contribution in [1.29, 1.82) is 0 Å². The van der Waals surface area contributed by atoms with Gasteiger partial charge in [0.25, 0.3) is 11.1 Å². The van der Waals surface area contributed by atoms with Crippen LogP contribution in [-0.4, -0.2) is 22.6 Å². The zero-order valence-corrected chi connectivity index (χ0v) is 14.3. The molecule has 1 aliphatic heterocycles. The highest BCUT2D eigenvalue weighted by Gasteiger charge is 2.33. The van der Waals surface area contributed by atoms with Crippen LogP contribution >= 0.6 is 23.4 Å². The summed E-state index contributed by atoms with van der Waals surface area (Å²) >= 11 is 6.87. The lowest BCUT2D eigenvalue weighted by Gasteiger charge is -2.07. The average molecular weight is 356 g/mol. The predicted molar refractivity (Wildman–Crippen MR) is 99.8 cm³/mol. The molecular formula is C19H14ClNO2S. The van der Waals surface area contributed by atoms with Crippen molar-refractivity contribution in [2.24, 2.45) is 0 Å². The van der Waals surface area contributed by atoms with Crippen molar-refractivity contribution in [3.05, 3.63) is 76.7 Å². The van der Waals surface area contributed by atoms with Gasteiger partial charge in [0.05, 0.1) is 4.91 Å².